The predicted molar refractivity (Wildman–Crippen MR) is 161 cm³/mol. The Morgan fingerprint density at radius 3 is 2.26 bits per heavy atom. The smallest absolute Gasteiger partial charge is 0.330 e. The molecule has 0 amide bonds. The molecule has 0 spiro atoms. The molecule has 2 N–H and O–H groups in total. The van der Waals surface area contributed by atoms with Crippen LogP contribution in [0.1, 0.15) is 48.4 Å². The van der Waals surface area contributed by atoms with Crippen molar-refractivity contribution in [2.24, 2.45) is 11.3 Å². The van der Waals surface area contributed by atoms with Gasteiger partial charge >= 0.3 is 5.69 Å². The van der Waals surface area contributed by atoms with Gasteiger partial charge in [-0.3, -0.25) is 19.1 Å². The summed E-state index contributed by atoms with van der Waals surface area (Å²) in [7, 11) is 1.56. The Kier molecular flexibility index (Phi) is 7.06. The topological polar surface area (TPSA) is 102 Å². The van der Waals surface area contributed by atoms with E-state index in [2.05, 4.69) is 16.4 Å². The van der Waals surface area contributed by atoms with Crippen molar-refractivity contribution < 1.29 is 14.3 Å². The van der Waals surface area contributed by atoms with Gasteiger partial charge < -0.3 is 14.8 Å². The Hall–Kier alpha value is -4.85. The number of hydrogen-bond acceptors (Lipinski definition) is 6. The van der Waals surface area contributed by atoms with Gasteiger partial charge in [-0.1, -0.05) is 86.7 Å². The summed E-state index contributed by atoms with van der Waals surface area (Å²) in [5, 5.41) is 3.36. The van der Waals surface area contributed by atoms with Crippen LogP contribution in [0.25, 0.3) is 0 Å². The van der Waals surface area contributed by atoms with Gasteiger partial charge in [-0.2, -0.15) is 0 Å². The number of nitrogens with one attached hydrogen (secondary N) is 2. The molecule has 0 radical (unpaired) electrons. The van der Waals surface area contributed by atoms with E-state index < -0.39 is 23.1 Å². The van der Waals surface area contributed by atoms with Crippen LogP contribution in [0.2, 0.25) is 0 Å². The molecule has 4 aromatic rings. The zero-order valence-corrected chi connectivity index (χ0v) is 23.8. The minimum atomic E-state index is -0.639. The van der Waals surface area contributed by atoms with E-state index in [1.165, 1.54) is 4.57 Å². The number of hydrogen-bond donors (Lipinski definition) is 2. The number of nitrogens with zero attached hydrogens (tertiary/aromatic N) is 1. The lowest BCUT2D eigenvalue weighted by Gasteiger charge is -2.41. The van der Waals surface area contributed by atoms with Crippen LogP contribution in [-0.4, -0.2) is 22.4 Å². The summed E-state index contributed by atoms with van der Waals surface area (Å²) in [6, 6.07) is 24.9. The largest absolute Gasteiger partial charge is 0.493 e. The van der Waals surface area contributed by atoms with Crippen molar-refractivity contribution in [2.75, 3.05) is 12.4 Å². The SMILES string of the molecule is COc1cc(C2c3c(n(Cc4ccccc4)c(=O)[nH]c3=O)NC3=CC(C)(C)CC(=O)C32)ccc1OCc1ccccc1. The number of fused-ring (bicyclic) bond motifs is 2. The van der Waals surface area contributed by atoms with Crippen LogP contribution in [0, 0.1) is 11.3 Å². The second-order valence-corrected chi connectivity index (χ2v) is 11.6. The van der Waals surface area contributed by atoms with Gasteiger partial charge in [0.25, 0.3) is 5.56 Å². The van der Waals surface area contributed by atoms with Crippen LogP contribution in [-0.2, 0) is 17.9 Å². The van der Waals surface area contributed by atoms with E-state index in [0.717, 1.165) is 16.7 Å². The van der Waals surface area contributed by atoms with Crippen molar-refractivity contribution in [3.8, 4) is 11.5 Å². The molecule has 214 valence electrons. The molecule has 42 heavy (non-hydrogen) atoms. The number of rotatable bonds is 7. The highest BCUT2D eigenvalue weighted by Gasteiger charge is 2.46. The Balaban J connectivity index is 1.49. The number of carbonyl (C=O) groups excluding carboxylic acids is 1. The van der Waals surface area contributed by atoms with Gasteiger partial charge in [0, 0.05) is 18.0 Å². The van der Waals surface area contributed by atoms with Gasteiger partial charge in [-0.05, 0) is 34.2 Å². The standard InChI is InChI=1S/C34H33N3O5/c1-34(2)17-24-29(25(38)18-34)28(23-14-15-26(27(16-23)41-3)42-20-22-12-8-5-9-13-22)30-31(35-24)37(33(40)36-32(30)39)19-21-10-6-4-7-11-21/h4-17,28-29,35H,18-20H2,1-3H3,(H,36,39,40). The van der Waals surface area contributed by atoms with E-state index in [1.807, 2.05) is 92.7 Å². The number of allylic oxidation sites excluding steroid dienone is 2. The Bertz CT molecular complexity index is 1790. The zero-order chi connectivity index (χ0) is 29.4. The first-order valence-electron chi connectivity index (χ1n) is 14.0. The minimum absolute atomic E-state index is 0.0317. The van der Waals surface area contributed by atoms with Crippen molar-refractivity contribution >= 4 is 11.6 Å². The van der Waals surface area contributed by atoms with E-state index in [0.29, 0.717) is 41.6 Å². The number of aromatic nitrogens is 2. The molecular weight excluding hydrogens is 530 g/mol. The summed E-state index contributed by atoms with van der Waals surface area (Å²) in [4.78, 5) is 43.0. The third-order valence-corrected chi connectivity index (χ3v) is 7.97. The third kappa shape index (κ3) is 5.16. The van der Waals surface area contributed by atoms with Gasteiger partial charge in [0.1, 0.15) is 18.2 Å². The van der Waals surface area contributed by atoms with Gasteiger partial charge in [0.15, 0.2) is 11.5 Å². The number of Topliss-reactive ketones (excluding diaryl/α,β-unsaturated/α-hetero) is 1. The van der Waals surface area contributed by atoms with E-state index >= 15 is 0 Å². The molecule has 0 fully saturated rings. The lowest BCUT2D eigenvalue weighted by Crippen LogP contribution is -2.45. The molecule has 2 atom stereocenters. The molecule has 3 aromatic carbocycles. The molecule has 1 aromatic heterocycles. The molecule has 0 saturated carbocycles. The highest BCUT2D eigenvalue weighted by atomic mass is 16.5. The molecule has 8 nitrogen and oxygen atoms in total. The van der Waals surface area contributed by atoms with Crippen molar-refractivity contribution in [1.29, 1.82) is 0 Å². The fourth-order valence-electron chi connectivity index (χ4n) is 6.09. The Morgan fingerprint density at radius 2 is 1.57 bits per heavy atom. The lowest BCUT2D eigenvalue weighted by atomic mass is 9.67. The van der Waals surface area contributed by atoms with E-state index in [4.69, 9.17) is 9.47 Å². The second-order valence-electron chi connectivity index (χ2n) is 11.6. The Labute approximate surface area is 243 Å². The summed E-state index contributed by atoms with van der Waals surface area (Å²) in [6.45, 7) is 4.64. The molecule has 8 heteroatoms. The molecule has 2 heterocycles. The first-order chi connectivity index (χ1) is 20.2. The number of anilines is 1. The van der Waals surface area contributed by atoms with Gasteiger partial charge in [-0.25, -0.2) is 4.79 Å². The predicted octanol–water partition coefficient (Wildman–Crippen LogP) is 5.23. The van der Waals surface area contributed by atoms with Crippen LogP contribution in [0.15, 0.2) is 100 Å². The van der Waals surface area contributed by atoms with Crippen LogP contribution >= 0.6 is 0 Å². The number of H-pyrrole nitrogens is 1. The van der Waals surface area contributed by atoms with Crippen molar-refractivity contribution in [2.45, 2.75) is 39.3 Å². The van der Waals surface area contributed by atoms with Gasteiger partial charge in [-0.15, -0.1) is 0 Å². The Morgan fingerprint density at radius 1 is 0.881 bits per heavy atom. The fraction of sp³-hybridized carbons (Fsp3) is 0.265. The van der Waals surface area contributed by atoms with E-state index in [9.17, 15) is 14.4 Å². The highest BCUT2D eigenvalue weighted by molar-refractivity contribution is 5.90. The maximum atomic E-state index is 13.8. The molecule has 6 rings (SSSR count). The van der Waals surface area contributed by atoms with Crippen molar-refractivity contribution in [3.05, 3.63) is 134 Å². The summed E-state index contributed by atoms with van der Waals surface area (Å²) < 4.78 is 13.3. The van der Waals surface area contributed by atoms with E-state index in [1.54, 1.807) is 7.11 Å². The van der Waals surface area contributed by atoms with Crippen LogP contribution < -0.4 is 26.0 Å². The molecular formula is C34H33N3O5. The number of ether oxygens (including phenoxy) is 2. The first-order valence-corrected chi connectivity index (χ1v) is 14.0. The molecule has 0 bridgehead atoms. The maximum absolute atomic E-state index is 13.8. The molecule has 2 unspecified atom stereocenters. The minimum Gasteiger partial charge on any atom is -0.493 e. The van der Waals surface area contributed by atoms with Crippen LogP contribution in [0.5, 0.6) is 11.5 Å². The molecule has 2 aliphatic rings. The van der Waals surface area contributed by atoms with Crippen molar-refractivity contribution in [3.63, 3.8) is 0 Å². The normalized spacial score (nSPS) is 18.7. The average Bonchev–Trinajstić information content (AvgIpc) is 2.97. The average molecular weight is 564 g/mol. The maximum Gasteiger partial charge on any atom is 0.330 e. The third-order valence-electron chi connectivity index (χ3n) is 7.97. The van der Waals surface area contributed by atoms with Crippen molar-refractivity contribution in [1.82, 2.24) is 9.55 Å². The highest BCUT2D eigenvalue weighted by Crippen LogP contribution is 2.49. The number of methoxy groups -OCH3 is 1. The summed E-state index contributed by atoms with van der Waals surface area (Å²) in [6.07, 6.45) is 2.40. The number of carbonyl (C=O) groups is 1. The van der Waals surface area contributed by atoms with E-state index in [-0.39, 0.29) is 17.7 Å². The summed E-state index contributed by atoms with van der Waals surface area (Å²) >= 11 is 0. The quantitative estimate of drug-likeness (QED) is 0.319. The van der Waals surface area contributed by atoms with Gasteiger partial charge in [0.2, 0.25) is 0 Å². The number of benzene rings is 3. The molecule has 0 saturated heterocycles. The lowest BCUT2D eigenvalue weighted by molar-refractivity contribution is -0.124. The van der Waals surface area contributed by atoms with Crippen LogP contribution in [0.4, 0.5) is 5.82 Å². The van der Waals surface area contributed by atoms with Gasteiger partial charge in [0.05, 0.1) is 25.1 Å². The zero-order valence-electron chi connectivity index (χ0n) is 23.8. The number of ketones is 1. The summed E-state index contributed by atoms with van der Waals surface area (Å²) in [5.41, 5.74) is 2.28. The summed E-state index contributed by atoms with van der Waals surface area (Å²) in [5.74, 6) is 0.216. The van der Waals surface area contributed by atoms with Crippen LogP contribution in [0.3, 0.4) is 0 Å². The first kappa shape index (κ1) is 27.3. The number of aromatic amines is 1. The molecule has 1 aliphatic carbocycles. The second kappa shape index (κ2) is 10.9. The fourth-order valence-corrected chi connectivity index (χ4v) is 6.09. The molecule has 1 aliphatic heterocycles. The monoisotopic (exact) mass is 563 g/mol.